The molecule has 0 bridgehead atoms. The van der Waals surface area contributed by atoms with Crippen LogP contribution in [0.25, 0.3) is 0 Å². The predicted molar refractivity (Wildman–Crippen MR) is 366 cm³/mol. The number of aliphatic hydroxyl groups excluding tert-OH is 8. The first-order chi connectivity index (χ1) is 45.6. The maximum Gasteiger partial charge on any atom is 0.536 e. The van der Waals surface area contributed by atoms with E-state index in [0.29, 0.717) is 70.8 Å². The van der Waals surface area contributed by atoms with Crippen LogP contribution in [-0.4, -0.2) is 266 Å². The van der Waals surface area contributed by atoms with Crippen LogP contribution in [-0.2, 0) is 156 Å². The summed E-state index contributed by atoms with van der Waals surface area (Å²) in [5.74, 6) is -1.58. The van der Waals surface area contributed by atoms with Gasteiger partial charge >= 0.3 is 27.2 Å². The number of ether oxygens (including phenoxy) is 10. The zero-order valence-corrected chi connectivity index (χ0v) is 63.5. The van der Waals surface area contributed by atoms with Crippen molar-refractivity contribution < 1.29 is 147 Å². The fourth-order valence-electron chi connectivity index (χ4n) is 9.92. The van der Waals surface area contributed by atoms with Crippen LogP contribution in [0.15, 0.2) is 0 Å². The van der Waals surface area contributed by atoms with Gasteiger partial charge in [-0.1, -0.05) is 33.6 Å². The second-order valence-corrected chi connectivity index (χ2v) is 36.6. The number of hydrogen-bond donors (Lipinski definition) is 9. The summed E-state index contributed by atoms with van der Waals surface area (Å²) < 4.78 is 154. The van der Waals surface area contributed by atoms with Gasteiger partial charge in [-0.3, -0.25) is 41.0 Å². The number of carbonyl (C=O) groups is 1. The zero-order valence-electron chi connectivity index (χ0n) is 56.0. The van der Waals surface area contributed by atoms with Crippen molar-refractivity contribution in [3.63, 3.8) is 0 Å². The van der Waals surface area contributed by atoms with Gasteiger partial charge in [-0.05, 0) is 70.6 Å². The summed E-state index contributed by atoms with van der Waals surface area (Å²) in [5.41, 5.74) is -0.933. The average molecular weight is 1550 g/mol. The number of aliphatic hydroxyl groups is 8. The van der Waals surface area contributed by atoms with Crippen molar-refractivity contribution in [3.8, 4) is 0 Å². The number of carbonyl (C=O) groups excluding carboxylic acids is 1. The molecule has 11 unspecified atom stereocenters. The van der Waals surface area contributed by atoms with Crippen molar-refractivity contribution in [2.24, 2.45) is 23.2 Å². The minimum absolute atomic E-state index is 0.000390. The Labute approximate surface area is 585 Å². The van der Waals surface area contributed by atoms with Crippen LogP contribution in [0.3, 0.4) is 0 Å². The Morgan fingerprint density at radius 1 is 0.396 bits per heavy atom. The quantitative estimate of drug-likeness (QED) is 0.0238. The molecule has 20 atom stereocenters. The summed E-state index contributed by atoms with van der Waals surface area (Å²) in [6.07, 6.45) is -4.99. The molecule has 3 saturated heterocycles. The molecule has 0 spiro atoms. The summed E-state index contributed by atoms with van der Waals surface area (Å²) >= 11 is 12.4. The fourth-order valence-corrected chi connectivity index (χ4v) is 14.8. The highest BCUT2D eigenvalue weighted by Crippen LogP contribution is 2.48. The van der Waals surface area contributed by atoms with Crippen molar-refractivity contribution in [2.45, 2.75) is 185 Å². The lowest BCUT2D eigenvalue weighted by molar-refractivity contribution is -0.282. The summed E-state index contributed by atoms with van der Waals surface area (Å²) in [6, 6.07) is -1.10. The fraction of sp³-hybridized carbons (Fsp3) is 0.982. The molecule has 3 fully saturated rings. The van der Waals surface area contributed by atoms with E-state index in [9.17, 15) is 63.9 Å². The third-order valence-corrected chi connectivity index (χ3v) is 23.1. The molecule has 3 aliphatic rings. The summed E-state index contributed by atoms with van der Waals surface area (Å²) in [4.78, 5) is 11.8. The molecule has 32 nitrogen and oxygen atoms in total. The van der Waals surface area contributed by atoms with Crippen molar-refractivity contribution in [1.29, 1.82) is 0 Å². The molecule has 0 aromatic heterocycles. The molecule has 0 radical (unpaired) electrons. The first kappa shape index (κ1) is 91.0. The SMILES string of the molecule is COP(=O)([SH2+])OCCCCCCOCC(COCCCOP(=O)([SH2+])OCCCCO[C@@H]1OC(CO)[C@H](C)[C@H](O)C1C)(COCCCOP(=O)([SH2+])OCCCCO[C@@H]1OC(CO)[C@H](O)[C@H](O)C1C)COCCCOP(=O)([SH2+])OCCCCO[C@@H]1OC(CO)[C@H](O)[C@H](O)C1NC(C)=O. The summed E-state index contributed by atoms with van der Waals surface area (Å²) in [6.45, 7) is -7.20. The first-order valence-electron chi connectivity index (χ1n) is 32.7. The van der Waals surface area contributed by atoms with E-state index in [2.05, 4.69) is 54.3 Å². The standard InChI is InChI=1S/C56H111NO31P4S4/c1-40-44(33-58)86-53(41(2)48(40)62)76-23-10-13-27-80-90(68,94)83-30-16-20-73-37-56(36-72-19-8-6-7-9-26-79-89(67,93)71-5,38-74-21-17-31-84-91(69,95)81-28-14-11-24-77-54-42(3)49(63)50(64)45(34-59)87-54)39-75-22-18-32-85-92(70,96)82-29-15-12-25-78-55-47(57-43(4)61)52(66)51(65)46(35-60)88-55/h40-42,44-55,58-60,62-66H,6-39H2,1-5H3,(H,57,61)(H,67,93)(H,68,94)(H,69,95)(H,70,96)/p+4/t40-,41?,42?,44?,45?,46?,47?,48-,49+,50-,51-,52+,53+,54+,55+,56?,89?,90?,91?,92?/m0/s1. The van der Waals surface area contributed by atoms with Crippen LogP contribution < -0.4 is 5.32 Å². The van der Waals surface area contributed by atoms with Gasteiger partial charge in [0.1, 0.15) is 36.6 Å². The van der Waals surface area contributed by atoms with Crippen LogP contribution in [0.1, 0.15) is 111 Å². The van der Waals surface area contributed by atoms with E-state index in [1.165, 1.54) is 14.0 Å². The molecule has 1 amide bonds. The molecule has 9 N–H and O–H groups in total. The molecule has 0 aromatic carbocycles. The molecular weight excluding hydrogens is 1430 g/mol. The van der Waals surface area contributed by atoms with Crippen molar-refractivity contribution >= 4 is 82.1 Å². The number of unbranched alkanes of at least 4 members (excludes halogenated alkanes) is 6. The molecule has 3 rings (SSSR count). The predicted octanol–water partition coefficient (Wildman–Crippen LogP) is 1.77. The Balaban J connectivity index is 1.56. The molecular formula is C56H115NO31P4S4+4. The van der Waals surface area contributed by atoms with E-state index in [0.717, 1.165) is 12.8 Å². The minimum Gasteiger partial charge on any atom is -0.394 e. The van der Waals surface area contributed by atoms with Crippen molar-refractivity contribution in [2.75, 3.05) is 146 Å². The van der Waals surface area contributed by atoms with Crippen LogP contribution >= 0.6 is 27.2 Å². The molecule has 3 aliphatic heterocycles. The number of rotatable bonds is 57. The largest absolute Gasteiger partial charge is 0.536 e. The van der Waals surface area contributed by atoms with Gasteiger partial charge in [0.2, 0.25) is 5.91 Å². The molecule has 0 aliphatic carbocycles. The van der Waals surface area contributed by atoms with Gasteiger partial charge in [0.15, 0.2) is 18.9 Å². The van der Waals surface area contributed by atoms with E-state index in [1.54, 1.807) is 6.92 Å². The van der Waals surface area contributed by atoms with Crippen molar-refractivity contribution in [1.82, 2.24) is 5.32 Å². The lowest BCUT2D eigenvalue weighted by atomic mass is 9.86. The van der Waals surface area contributed by atoms with Gasteiger partial charge in [0.05, 0.1) is 165 Å². The summed E-state index contributed by atoms with van der Waals surface area (Å²) in [7, 11) is 1.28. The van der Waals surface area contributed by atoms with Gasteiger partial charge in [0.25, 0.3) is 0 Å². The summed E-state index contributed by atoms with van der Waals surface area (Å²) in [5, 5.41) is 83.0. The lowest BCUT2D eigenvalue weighted by Crippen LogP contribution is -2.64. The van der Waals surface area contributed by atoms with E-state index in [4.69, 9.17) is 83.6 Å². The highest BCUT2D eigenvalue weighted by molar-refractivity contribution is 8.33. The molecule has 96 heavy (non-hydrogen) atoms. The van der Waals surface area contributed by atoms with Crippen LogP contribution in [0.5, 0.6) is 0 Å². The number of nitrogens with one attached hydrogen (secondary N) is 1. The lowest BCUT2D eigenvalue weighted by Gasteiger charge is -2.42. The van der Waals surface area contributed by atoms with Gasteiger partial charge in [-0.2, -0.15) is 0 Å². The van der Waals surface area contributed by atoms with Crippen LogP contribution in [0.2, 0.25) is 0 Å². The van der Waals surface area contributed by atoms with E-state index in [-0.39, 0.29) is 137 Å². The highest BCUT2D eigenvalue weighted by atomic mass is 32.7. The minimum atomic E-state index is -3.72. The van der Waals surface area contributed by atoms with Crippen LogP contribution in [0, 0.1) is 23.2 Å². The van der Waals surface area contributed by atoms with Gasteiger partial charge in [-0.25, -0.2) is 18.3 Å². The topological polar surface area (TPSA) is 425 Å². The Morgan fingerprint density at radius 2 is 0.698 bits per heavy atom. The highest BCUT2D eigenvalue weighted by Gasteiger charge is 2.46. The number of hydrogen-bond acceptors (Lipinski definition) is 31. The smallest absolute Gasteiger partial charge is 0.394 e. The molecule has 0 aromatic rings. The third-order valence-electron chi connectivity index (χ3n) is 15.7. The third kappa shape index (κ3) is 36.6. The van der Waals surface area contributed by atoms with Gasteiger partial charge in [-0.15, -0.1) is 0 Å². The maximum atomic E-state index is 13.2. The van der Waals surface area contributed by atoms with Gasteiger partial charge in [0, 0.05) is 78.0 Å². The normalized spacial score (nSPS) is 29.7. The molecule has 3 heterocycles. The molecule has 570 valence electrons. The Morgan fingerprint density at radius 3 is 1.08 bits per heavy atom. The first-order valence-corrected chi connectivity index (χ1v) is 44.2. The van der Waals surface area contributed by atoms with Gasteiger partial charge < -0.3 is 93.5 Å². The van der Waals surface area contributed by atoms with E-state index in [1.807, 2.05) is 13.8 Å². The van der Waals surface area contributed by atoms with E-state index < -0.39 is 131 Å². The van der Waals surface area contributed by atoms with E-state index >= 15 is 0 Å². The number of amides is 1. The second-order valence-electron chi connectivity index (χ2n) is 23.9. The average Bonchev–Trinajstić information content (AvgIpc) is 0.883. The second kappa shape index (κ2) is 49.5. The Hall–Kier alpha value is 0.750. The van der Waals surface area contributed by atoms with Crippen molar-refractivity contribution in [3.05, 3.63) is 0 Å². The Kier molecular flexibility index (Phi) is 46.9. The zero-order chi connectivity index (χ0) is 71.2. The molecule has 40 heteroatoms. The monoisotopic (exact) mass is 1550 g/mol. The molecule has 0 saturated carbocycles. The Bertz CT molecular complexity index is 2190. The van der Waals surface area contributed by atoms with Crippen LogP contribution in [0.4, 0.5) is 0 Å². The maximum absolute atomic E-state index is 13.2.